The van der Waals surface area contributed by atoms with Gasteiger partial charge in [-0.15, -0.1) is 0 Å². The lowest BCUT2D eigenvalue weighted by Gasteiger charge is -2.19. The molecule has 0 bridgehead atoms. The molecule has 0 spiro atoms. The number of ether oxygens (including phenoxy) is 2. The van der Waals surface area contributed by atoms with Gasteiger partial charge in [0.15, 0.2) is 6.10 Å². The van der Waals surface area contributed by atoms with Crippen LogP contribution >= 0.6 is 7.82 Å². The number of hydrogen-bond donors (Lipinski definition) is 2. The van der Waals surface area contributed by atoms with Crippen LogP contribution in [0.3, 0.4) is 0 Å². The first kappa shape index (κ1) is 45.1. The van der Waals surface area contributed by atoms with Crippen LogP contribution in [-0.2, 0) is 27.9 Å². The van der Waals surface area contributed by atoms with Crippen molar-refractivity contribution < 1.29 is 32.8 Å². The largest absolute Gasteiger partial charge is 0.498 e. The maximum absolute atomic E-state index is 12.5. The number of carbonyl (C=O) groups is 1. The molecule has 8 nitrogen and oxygen atoms in total. The van der Waals surface area contributed by atoms with Gasteiger partial charge in [0.25, 0.3) is 0 Å². The van der Waals surface area contributed by atoms with Crippen molar-refractivity contribution >= 4 is 13.8 Å². The molecule has 0 saturated heterocycles. The molecule has 0 aliphatic heterocycles. The summed E-state index contributed by atoms with van der Waals surface area (Å²) in [5, 5.41) is 0. The molecule has 1 unspecified atom stereocenters. The zero-order chi connectivity index (χ0) is 33.8. The Hall–Kier alpha value is -0.920. The maximum atomic E-state index is 12.5. The molecule has 2 atom stereocenters. The number of esters is 1. The van der Waals surface area contributed by atoms with Gasteiger partial charge in [-0.25, -0.2) is 4.57 Å². The Bertz CT molecular complexity index is 722. The predicted molar refractivity (Wildman–Crippen MR) is 192 cm³/mol. The van der Waals surface area contributed by atoms with Crippen LogP contribution in [0.25, 0.3) is 0 Å². The van der Waals surface area contributed by atoms with Crippen molar-refractivity contribution in [1.82, 2.24) is 0 Å². The molecule has 0 heterocycles. The summed E-state index contributed by atoms with van der Waals surface area (Å²) >= 11 is 0. The summed E-state index contributed by atoms with van der Waals surface area (Å²) in [5.74, 6) is -0.352. The minimum absolute atomic E-state index is 0.0378. The summed E-state index contributed by atoms with van der Waals surface area (Å²) in [6.07, 6.45) is 36.0. The smallest absolute Gasteiger partial charge is 0.472 e. The Balaban J connectivity index is 4.09. The summed E-state index contributed by atoms with van der Waals surface area (Å²) in [6, 6.07) is 0. The Morgan fingerprint density at radius 3 is 1.54 bits per heavy atom. The number of nitrogens with two attached hydrogens (primary N) is 1. The van der Waals surface area contributed by atoms with E-state index < -0.39 is 13.9 Å². The minimum atomic E-state index is -4.28. The average molecular weight is 676 g/mol. The van der Waals surface area contributed by atoms with Gasteiger partial charge < -0.3 is 20.1 Å². The minimum Gasteiger partial charge on any atom is -0.498 e. The standard InChI is InChI=1S/C37H74NO7P/c1-3-5-7-9-11-13-15-16-17-18-19-21-23-25-27-29-32-42-34-36(35-44-46(40,41)43-33-31-38)45-37(39)30-28-26-24-22-20-14-12-10-8-6-4-2/h29,32,36H,3-28,30-31,33-35,38H2,1-2H3,(H,40,41)/b32-29+/t36-/m1/s1. The summed E-state index contributed by atoms with van der Waals surface area (Å²) in [7, 11) is -4.28. The van der Waals surface area contributed by atoms with Crippen LogP contribution < -0.4 is 5.73 Å². The molecular weight excluding hydrogens is 601 g/mol. The topological polar surface area (TPSA) is 117 Å². The van der Waals surface area contributed by atoms with Crippen LogP contribution in [0.2, 0.25) is 0 Å². The van der Waals surface area contributed by atoms with E-state index in [0.717, 1.165) is 32.1 Å². The van der Waals surface area contributed by atoms with Crippen molar-refractivity contribution in [2.24, 2.45) is 5.73 Å². The normalized spacial score (nSPS) is 13.7. The summed E-state index contributed by atoms with van der Waals surface area (Å²) < 4.78 is 33.0. The molecule has 0 saturated carbocycles. The number of hydrogen-bond acceptors (Lipinski definition) is 7. The Morgan fingerprint density at radius 1 is 0.652 bits per heavy atom. The van der Waals surface area contributed by atoms with Gasteiger partial charge in [-0.2, -0.15) is 0 Å². The van der Waals surface area contributed by atoms with Crippen LogP contribution in [0.5, 0.6) is 0 Å². The zero-order valence-electron chi connectivity index (χ0n) is 30.1. The van der Waals surface area contributed by atoms with Gasteiger partial charge in [0.05, 0.1) is 19.5 Å². The third-order valence-corrected chi connectivity index (χ3v) is 9.26. The van der Waals surface area contributed by atoms with Crippen molar-refractivity contribution in [1.29, 1.82) is 0 Å². The fraction of sp³-hybridized carbons (Fsp3) is 0.919. The molecule has 0 rings (SSSR count). The molecule has 3 N–H and O–H groups in total. The molecule has 0 fully saturated rings. The number of unbranched alkanes of at least 4 members (excludes halogenated alkanes) is 24. The van der Waals surface area contributed by atoms with Crippen LogP contribution in [-0.4, -0.2) is 43.3 Å². The number of phosphoric acid groups is 1. The predicted octanol–water partition coefficient (Wildman–Crippen LogP) is 11.1. The highest BCUT2D eigenvalue weighted by Crippen LogP contribution is 2.43. The summed E-state index contributed by atoms with van der Waals surface area (Å²) in [6.45, 7) is 4.25. The second-order valence-electron chi connectivity index (χ2n) is 12.9. The molecule has 274 valence electrons. The van der Waals surface area contributed by atoms with Crippen molar-refractivity contribution in [2.45, 2.75) is 193 Å². The Kier molecular flexibility index (Phi) is 34.7. The van der Waals surface area contributed by atoms with Gasteiger partial charge in [-0.3, -0.25) is 13.8 Å². The first-order chi connectivity index (χ1) is 22.4. The molecule has 0 aliphatic rings. The Labute approximate surface area is 283 Å². The molecule has 0 radical (unpaired) electrons. The van der Waals surface area contributed by atoms with Gasteiger partial charge in [0, 0.05) is 13.0 Å². The van der Waals surface area contributed by atoms with E-state index in [1.807, 2.05) is 6.08 Å². The van der Waals surface area contributed by atoms with Crippen LogP contribution in [0.4, 0.5) is 0 Å². The lowest BCUT2D eigenvalue weighted by atomic mass is 10.0. The van der Waals surface area contributed by atoms with E-state index in [1.54, 1.807) is 6.26 Å². The number of phosphoric ester groups is 1. The highest BCUT2D eigenvalue weighted by Gasteiger charge is 2.25. The van der Waals surface area contributed by atoms with E-state index in [-0.39, 0.29) is 32.3 Å². The van der Waals surface area contributed by atoms with Crippen molar-refractivity contribution in [2.75, 3.05) is 26.4 Å². The van der Waals surface area contributed by atoms with Gasteiger partial charge in [-0.1, -0.05) is 162 Å². The van der Waals surface area contributed by atoms with E-state index in [0.29, 0.717) is 6.42 Å². The molecule has 0 aromatic rings. The molecule has 0 aromatic heterocycles. The SMILES string of the molecule is CCCCCCCCCCCCCCCC/C=C/OC[C@H](COP(=O)(O)OCCN)OC(=O)CCCCCCCCCCCCC. The second-order valence-corrected chi connectivity index (χ2v) is 14.3. The molecule has 0 amide bonds. The number of rotatable bonds is 37. The summed E-state index contributed by atoms with van der Waals surface area (Å²) in [4.78, 5) is 22.3. The van der Waals surface area contributed by atoms with Crippen molar-refractivity contribution in [3.63, 3.8) is 0 Å². The second kappa shape index (κ2) is 35.4. The lowest BCUT2D eigenvalue weighted by molar-refractivity contribution is -0.153. The van der Waals surface area contributed by atoms with Gasteiger partial charge in [-0.05, 0) is 25.3 Å². The third kappa shape index (κ3) is 34.4. The summed E-state index contributed by atoms with van der Waals surface area (Å²) in [5.41, 5.74) is 5.34. The fourth-order valence-electron chi connectivity index (χ4n) is 5.43. The maximum Gasteiger partial charge on any atom is 0.472 e. The molecule has 0 aliphatic carbocycles. The first-order valence-corrected chi connectivity index (χ1v) is 20.7. The Morgan fingerprint density at radius 2 is 1.09 bits per heavy atom. The van der Waals surface area contributed by atoms with Gasteiger partial charge >= 0.3 is 13.8 Å². The molecule has 9 heteroatoms. The number of allylic oxidation sites excluding steroid dienone is 1. The molecular formula is C37H74NO7P. The number of carbonyl (C=O) groups excluding carboxylic acids is 1. The van der Waals surface area contributed by atoms with Crippen molar-refractivity contribution in [3.05, 3.63) is 12.3 Å². The van der Waals surface area contributed by atoms with Gasteiger partial charge in [0.1, 0.15) is 6.61 Å². The third-order valence-electron chi connectivity index (χ3n) is 8.28. The van der Waals surface area contributed by atoms with E-state index >= 15 is 0 Å². The van der Waals surface area contributed by atoms with Gasteiger partial charge in [0.2, 0.25) is 0 Å². The molecule has 0 aromatic carbocycles. The van der Waals surface area contributed by atoms with E-state index in [1.165, 1.54) is 135 Å². The lowest BCUT2D eigenvalue weighted by Crippen LogP contribution is -2.27. The highest BCUT2D eigenvalue weighted by molar-refractivity contribution is 7.47. The molecule has 46 heavy (non-hydrogen) atoms. The first-order valence-electron chi connectivity index (χ1n) is 19.2. The quantitative estimate of drug-likeness (QED) is 0.0289. The average Bonchev–Trinajstić information content (AvgIpc) is 3.04. The van der Waals surface area contributed by atoms with E-state index in [2.05, 4.69) is 13.8 Å². The van der Waals surface area contributed by atoms with Crippen molar-refractivity contribution in [3.8, 4) is 0 Å². The van der Waals surface area contributed by atoms with Crippen LogP contribution in [0.1, 0.15) is 187 Å². The highest BCUT2D eigenvalue weighted by atomic mass is 31.2. The fourth-order valence-corrected chi connectivity index (χ4v) is 6.20. The van der Waals surface area contributed by atoms with E-state index in [4.69, 9.17) is 24.3 Å². The van der Waals surface area contributed by atoms with Crippen LogP contribution in [0, 0.1) is 0 Å². The monoisotopic (exact) mass is 676 g/mol. The van der Waals surface area contributed by atoms with E-state index in [9.17, 15) is 14.3 Å². The zero-order valence-corrected chi connectivity index (χ0v) is 31.0. The van der Waals surface area contributed by atoms with Crippen LogP contribution in [0.15, 0.2) is 12.3 Å².